The largest absolute Gasteiger partial charge is 0.370 e. The van der Waals surface area contributed by atoms with Gasteiger partial charge in [-0.05, 0) is 36.8 Å². The molecule has 1 aromatic heterocycles. The second-order valence-corrected chi connectivity index (χ2v) is 6.90. The summed E-state index contributed by atoms with van der Waals surface area (Å²) in [6, 6.07) is 3.29. The number of nitrogens with one attached hydrogen (secondary N) is 2. The highest BCUT2D eigenvalue weighted by Gasteiger charge is 2.33. The molecule has 0 amide bonds. The molecule has 1 aliphatic carbocycles. The zero-order chi connectivity index (χ0) is 13.9. The first kappa shape index (κ1) is 14.3. The first-order valence-electron chi connectivity index (χ1n) is 6.72. The normalized spacial score (nSPS) is 22.2. The van der Waals surface area contributed by atoms with Gasteiger partial charge in [0, 0.05) is 19.3 Å². The maximum atomic E-state index is 12.0. The van der Waals surface area contributed by atoms with Crippen LogP contribution in [0.4, 0.5) is 5.82 Å². The van der Waals surface area contributed by atoms with E-state index in [4.69, 9.17) is 0 Å². The molecule has 1 fully saturated rings. The topological polar surface area (TPSA) is 71.1 Å². The van der Waals surface area contributed by atoms with Gasteiger partial charge < -0.3 is 5.32 Å². The smallest absolute Gasteiger partial charge is 0.242 e. The van der Waals surface area contributed by atoms with E-state index in [1.165, 1.54) is 6.20 Å². The summed E-state index contributed by atoms with van der Waals surface area (Å²) in [5, 5.41) is 3.11. The minimum absolute atomic E-state index is 0.225. The maximum Gasteiger partial charge on any atom is 0.242 e. The van der Waals surface area contributed by atoms with E-state index in [-0.39, 0.29) is 4.90 Å². The number of aromatic nitrogens is 1. The van der Waals surface area contributed by atoms with Gasteiger partial charge >= 0.3 is 0 Å². The lowest BCUT2D eigenvalue weighted by Gasteiger charge is -2.07. The van der Waals surface area contributed by atoms with Crippen molar-refractivity contribution < 1.29 is 8.42 Å². The molecule has 0 aromatic carbocycles. The predicted octanol–water partition coefficient (Wildman–Crippen LogP) is 1.84. The average molecular weight is 283 g/mol. The number of hydrogen-bond donors (Lipinski definition) is 2. The number of anilines is 1. The summed E-state index contributed by atoms with van der Waals surface area (Å²) in [7, 11) is -3.42. The van der Waals surface area contributed by atoms with Crippen LogP contribution in [0.1, 0.15) is 26.7 Å². The predicted molar refractivity (Wildman–Crippen MR) is 75.5 cm³/mol. The molecule has 6 heteroatoms. The van der Waals surface area contributed by atoms with Crippen molar-refractivity contribution in [1.29, 1.82) is 0 Å². The molecule has 0 bridgehead atoms. The van der Waals surface area contributed by atoms with Crippen LogP contribution in [0.25, 0.3) is 0 Å². The van der Waals surface area contributed by atoms with E-state index in [0.29, 0.717) is 24.2 Å². The quantitative estimate of drug-likeness (QED) is 0.801. The molecule has 2 unspecified atom stereocenters. The molecule has 0 saturated heterocycles. The van der Waals surface area contributed by atoms with E-state index in [9.17, 15) is 8.42 Å². The molecule has 5 nitrogen and oxygen atoms in total. The van der Waals surface area contributed by atoms with Crippen LogP contribution in [0, 0.1) is 11.8 Å². The summed E-state index contributed by atoms with van der Waals surface area (Å²) in [6.07, 6.45) is 3.51. The summed E-state index contributed by atoms with van der Waals surface area (Å²) >= 11 is 0. The Balaban J connectivity index is 1.95. The summed E-state index contributed by atoms with van der Waals surface area (Å²) in [4.78, 5) is 4.33. The van der Waals surface area contributed by atoms with Crippen LogP contribution in [0.3, 0.4) is 0 Å². The van der Waals surface area contributed by atoms with E-state index < -0.39 is 10.0 Å². The highest BCUT2D eigenvalue weighted by molar-refractivity contribution is 7.89. The molecule has 1 heterocycles. The Hall–Kier alpha value is -1.14. The molecule has 0 aliphatic heterocycles. The number of pyridine rings is 1. The van der Waals surface area contributed by atoms with Crippen LogP contribution >= 0.6 is 0 Å². The molecule has 2 N–H and O–H groups in total. The molecule has 2 rings (SSSR count). The third kappa shape index (κ3) is 3.91. The number of hydrogen-bond acceptors (Lipinski definition) is 4. The second-order valence-electron chi connectivity index (χ2n) is 5.13. The fourth-order valence-corrected chi connectivity index (χ4v) is 2.92. The Labute approximate surface area is 114 Å². The Morgan fingerprint density at radius 1 is 1.42 bits per heavy atom. The fraction of sp³-hybridized carbons (Fsp3) is 0.615. The van der Waals surface area contributed by atoms with E-state index in [2.05, 4.69) is 28.9 Å². The number of rotatable bonds is 7. The van der Waals surface area contributed by atoms with Crippen molar-refractivity contribution in [2.75, 3.05) is 18.4 Å². The van der Waals surface area contributed by atoms with Crippen molar-refractivity contribution in [1.82, 2.24) is 9.71 Å². The molecule has 106 valence electrons. The Kier molecular flexibility index (Phi) is 4.42. The van der Waals surface area contributed by atoms with Crippen LogP contribution < -0.4 is 10.0 Å². The zero-order valence-electron chi connectivity index (χ0n) is 11.4. The SMILES string of the molecule is CCCNc1ccc(S(=O)(=O)NCC2CC2C)cn1. The Morgan fingerprint density at radius 3 is 2.68 bits per heavy atom. The van der Waals surface area contributed by atoms with Crippen molar-refractivity contribution >= 4 is 15.8 Å². The van der Waals surface area contributed by atoms with Crippen molar-refractivity contribution in [3.8, 4) is 0 Å². The summed E-state index contributed by atoms with van der Waals surface area (Å²) in [5.74, 6) is 1.84. The van der Waals surface area contributed by atoms with Gasteiger partial charge in [0.2, 0.25) is 10.0 Å². The molecule has 0 spiro atoms. The Bertz CT molecular complexity index is 513. The molecule has 2 atom stereocenters. The molecule has 19 heavy (non-hydrogen) atoms. The van der Waals surface area contributed by atoms with Crippen LogP contribution in [-0.2, 0) is 10.0 Å². The number of nitrogens with zero attached hydrogens (tertiary/aromatic N) is 1. The highest BCUT2D eigenvalue weighted by atomic mass is 32.2. The summed E-state index contributed by atoms with van der Waals surface area (Å²) < 4.78 is 26.7. The van der Waals surface area contributed by atoms with E-state index >= 15 is 0 Å². The van der Waals surface area contributed by atoms with Gasteiger partial charge in [-0.2, -0.15) is 0 Å². The fourth-order valence-electron chi connectivity index (χ4n) is 1.88. The lowest BCUT2D eigenvalue weighted by atomic mass is 10.3. The highest BCUT2D eigenvalue weighted by Crippen LogP contribution is 2.37. The third-order valence-corrected chi connectivity index (χ3v) is 4.82. The second kappa shape index (κ2) is 5.88. The van der Waals surface area contributed by atoms with Gasteiger partial charge in [0.15, 0.2) is 0 Å². The summed E-state index contributed by atoms with van der Waals surface area (Å²) in [6.45, 7) is 5.56. The number of sulfonamides is 1. The monoisotopic (exact) mass is 283 g/mol. The standard InChI is InChI=1S/C13H21N3O2S/c1-3-6-14-13-5-4-12(9-15-13)19(17,18)16-8-11-7-10(11)2/h4-5,9-11,16H,3,6-8H2,1-2H3,(H,14,15). The molecule has 0 radical (unpaired) electrons. The van der Waals surface area contributed by atoms with Crippen LogP contribution in [-0.4, -0.2) is 26.5 Å². The van der Waals surface area contributed by atoms with Gasteiger partial charge in [0.05, 0.1) is 0 Å². The lowest BCUT2D eigenvalue weighted by molar-refractivity contribution is 0.574. The van der Waals surface area contributed by atoms with Crippen molar-refractivity contribution in [3.63, 3.8) is 0 Å². The zero-order valence-corrected chi connectivity index (χ0v) is 12.2. The molecule has 1 saturated carbocycles. The first-order valence-corrected chi connectivity index (χ1v) is 8.21. The molecular formula is C13H21N3O2S. The van der Waals surface area contributed by atoms with Crippen molar-refractivity contribution in [2.45, 2.75) is 31.6 Å². The van der Waals surface area contributed by atoms with E-state index in [1.54, 1.807) is 12.1 Å². The minimum atomic E-state index is -3.42. The van der Waals surface area contributed by atoms with E-state index in [1.807, 2.05) is 0 Å². The molecule has 1 aliphatic rings. The Morgan fingerprint density at radius 2 is 2.16 bits per heavy atom. The third-order valence-electron chi connectivity index (χ3n) is 3.41. The summed E-state index contributed by atoms with van der Waals surface area (Å²) in [5.41, 5.74) is 0. The van der Waals surface area contributed by atoms with E-state index in [0.717, 1.165) is 19.4 Å². The van der Waals surface area contributed by atoms with Crippen molar-refractivity contribution in [3.05, 3.63) is 18.3 Å². The van der Waals surface area contributed by atoms with Gasteiger partial charge in [-0.15, -0.1) is 0 Å². The maximum absolute atomic E-state index is 12.0. The van der Waals surface area contributed by atoms with Gasteiger partial charge in [-0.1, -0.05) is 13.8 Å². The van der Waals surface area contributed by atoms with Gasteiger partial charge in [-0.25, -0.2) is 18.1 Å². The van der Waals surface area contributed by atoms with Crippen LogP contribution in [0.15, 0.2) is 23.2 Å². The molecular weight excluding hydrogens is 262 g/mol. The minimum Gasteiger partial charge on any atom is -0.370 e. The van der Waals surface area contributed by atoms with Crippen LogP contribution in [0.5, 0.6) is 0 Å². The average Bonchev–Trinajstić information content (AvgIpc) is 3.11. The van der Waals surface area contributed by atoms with Crippen molar-refractivity contribution in [2.24, 2.45) is 11.8 Å². The van der Waals surface area contributed by atoms with Gasteiger partial charge in [0.1, 0.15) is 10.7 Å². The van der Waals surface area contributed by atoms with Gasteiger partial charge in [0.25, 0.3) is 0 Å². The first-order chi connectivity index (χ1) is 9.03. The van der Waals surface area contributed by atoms with Crippen LogP contribution in [0.2, 0.25) is 0 Å². The van der Waals surface area contributed by atoms with Gasteiger partial charge in [-0.3, -0.25) is 0 Å². The lowest BCUT2D eigenvalue weighted by Crippen LogP contribution is -2.26. The molecule has 1 aromatic rings.